The van der Waals surface area contributed by atoms with Gasteiger partial charge in [-0.25, -0.2) is 8.78 Å². The van der Waals surface area contributed by atoms with Crippen molar-refractivity contribution < 1.29 is 8.78 Å². The summed E-state index contributed by atoms with van der Waals surface area (Å²) in [6, 6.07) is 0. The van der Waals surface area contributed by atoms with Crippen molar-refractivity contribution >= 4 is 0 Å². The van der Waals surface area contributed by atoms with Crippen LogP contribution in [0.15, 0.2) is 0 Å². The average molecular weight is 205 g/mol. The number of halogens is 2. The highest BCUT2D eigenvalue weighted by atomic mass is 19.3. The van der Waals surface area contributed by atoms with Crippen LogP contribution in [0, 0.1) is 11.8 Å². The largest absolute Gasteiger partial charge is 0.330 e. The Labute approximate surface area is 85.1 Å². The summed E-state index contributed by atoms with van der Waals surface area (Å²) in [6.07, 6.45) is 4.31. The van der Waals surface area contributed by atoms with Crippen LogP contribution in [0.1, 0.15) is 45.4 Å². The van der Waals surface area contributed by atoms with E-state index in [9.17, 15) is 8.78 Å². The van der Waals surface area contributed by atoms with Crippen LogP contribution in [0.2, 0.25) is 0 Å². The predicted molar refractivity (Wildman–Crippen MR) is 54.4 cm³/mol. The van der Waals surface area contributed by atoms with E-state index in [1.165, 1.54) is 0 Å². The van der Waals surface area contributed by atoms with Crippen molar-refractivity contribution in [3.63, 3.8) is 0 Å². The van der Waals surface area contributed by atoms with Crippen molar-refractivity contribution in [1.29, 1.82) is 0 Å². The lowest BCUT2D eigenvalue weighted by Gasteiger charge is -2.33. The molecule has 1 rings (SSSR count). The summed E-state index contributed by atoms with van der Waals surface area (Å²) >= 11 is 0. The van der Waals surface area contributed by atoms with E-state index in [4.69, 9.17) is 5.73 Å². The molecule has 0 saturated heterocycles. The number of rotatable bonds is 4. The molecule has 0 aromatic rings. The lowest BCUT2D eigenvalue weighted by atomic mass is 9.77. The Hall–Kier alpha value is -0.180. The molecule has 3 heteroatoms. The topological polar surface area (TPSA) is 26.0 Å². The molecule has 0 radical (unpaired) electrons. The summed E-state index contributed by atoms with van der Waals surface area (Å²) in [5.74, 6) is -2.25. The first-order valence-corrected chi connectivity index (χ1v) is 5.68. The van der Waals surface area contributed by atoms with Crippen LogP contribution in [0.5, 0.6) is 0 Å². The fraction of sp³-hybridized carbons (Fsp3) is 1.00. The molecule has 1 aliphatic rings. The normalized spacial score (nSPS) is 29.1. The van der Waals surface area contributed by atoms with Crippen LogP contribution >= 0.6 is 0 Å². The molecule has 1 aliphatic carbocycles. The molecule has 1 saturated carbocycles. The van der Waals surface area contributed by atoms with Gasteiger partial charge in [-0.05, 0) is 38.1 Å². The molecule has 0 spiro atoms. The van der Waals surface area contributed by atoms with Crippen molar-refractivity contribution in [1.82, 2.24) is 0 Å². The Morgan fingerprint density at radius 2 is 1.79 bits per heavy atom. The molecule has 0 aromatic heterocycles. The zero-order chi connectivity index (χ0) is 10.6. The lowest BCUT2D eigenvalue weighted by molar-refractivity contribution is -0.0794. The van der Waals surface area contributed by atoms with Crippen LogP contribution < -0.4 is 5.73 Å². The third-order valence-electron chi connectivity index (χ3n) is 3.50. The highest BCUT2D eigenvalue weighted by molar-refractivity contribution is 4.82. The molecule has 0 atom stereocenters. The predicted octanol–water partition coefficient (Wildman–Crippen LogP) is 3.19. The zero-order valence-corrected chi connectivity index (χ0v) is 8.94. The van der Waals surface area contributed by atoms with Crippen LogP contribution in [0.3, 0.4) is 0 Å². The summed E-state index contributed by atoms with van der Waals surface area (Å²) in [5, 5.41) is 0. The molecular formula is C11H21F2N. The minimum absolute atomic E-state index is 0.0979. The van der Waals surface area contributed by atoms with Gasteiger partial charge in [-0.1, -0.05) is 13.3 Å². The second-order valence-corrected chi connectivity index (χ2v) is 4.43. The van der Waals surface area contributed by atoms with Gasteiger partial charge < -0.3 is 5.73 Å². The van der Waals surface area contributed by atoms with Crippen molar-refractivity contribution in [3.8, 4) is 0 Å². The molecule has 1 nitrogen and oxygen atoms in total. The van der Waals surface area contributed by atoms with Crippen molar-refractivity contribution in [2.24, 2.45) is 17.6 Å². The maximum Gasteiger partial charge on any atom is 0.252 e. The minimum Gasteiger partial charge on any atom is -0.330 e. The van der Waals surface area contributed by atoms with Crippen molar-refractivity contribution in [2.75, 3.05) is 6.54 Å². The summed E-state index contributed by atoms with van der Waals surface area (Å²) in [5.41, 5.74) is 5.19. The van der Waals surface area contributed by atoms with E-state index < -0.39 is 11.8 Å². The molecule has 84 valence electrons. The Morgan fingerprint density at radius 3 is 2.21 bits per heavy atom. The Balaban J connectivity index is 2.40. The minimum atomic E-state index is -2.52. The zero-order valence-electron chi connectivity index (χ0n) is 8.94. The number of nitrogens with two attached hydrogens (primary N) is 1. The third-order valence-corrected chi connectivity index (χ3v) is 3.50. The van der Waals surface area contributed by atoms with Gasteiger partial charge in [0.05, 0.1) is 0 Å². The van der Waals surface area contributed by atoms with E-state index in [-0.39, 0.29) is 13.0 Å². The SMILES string of the molecule is CCC1CCC(C(F)(F)CCN)CC1. The monoisotopic (exact) mass is 205 g/mol. The van der Waals surface area contributed by atoms with Gasteiger partial charge in [-0.15, -0.1) is 0 Å². The molecule has 0 aliphatic heterocycles. The Morgan fingerprint density at radius 1 is 1.21 bits per heavy atom. The molecule has 0 heterocycles. The summed E-state index contributed by atoms with van der Waals surface area (Å²) < 4.78 is 26.9. The van der Waals surface area contributed by atoms with E-state index in [1.54, 1.807) is 0 Å². The van der Waals surface area contributed by atoms with Gasteiger partial charge in [0.1, 0.15) is 0 Å². The molecular weight excluding hydrogens is 184 g/mol. The maximum absolute atomic E-state index is 13.5. The quantitative estimate of drug-likeness (QED) is 0.749. The average Bonchev–Trinajstić information content (AvgIpc) is 2.18. The molecule has 0 unspecified atom stereocenters. The molecule has 0 aromatic carbocycles. The smallest absolute Gasteiger partial charge is 0.252 e. The first-order valence-electron chi connectivity index (χ1n) is 5.68. The van der Waals surface area contributed by atoms with E-state index in [0.717, 1.165) is 19.3 Å². The third kappa shape index (κ3) is 2.91. The molecule has 0 amide bonds. The van der Waals surface area contributed by atoms with E-state index in [0.29, 0.717) is 18.8 Å². The Bertz CT molecular complexity index is 163. The van der Waals surface area contributed by atoms with Gasteiger partial charge >= 0.3 is 0 Å². The van der Waals surface area contributed by atoms with Crippen LogP contribution in [0.25, 0.3) is 0 Å². The molecule has 0 bridgehead atoms. The maximum atomic E-state index is 13.5. The fourth-order valence-corrected chi connectivity index (χ4v) is 2.39. The van der Waals surface area contributed by atoms with Gasteiger partial charge in [0.2, 0.25) is 0 Å². The molecule has 2 N–H and O–H groups in total. The van der Waals surface area contributed by atoms with Gasteiger partial charge in [0, 0.05) is 12.3 Å². The van der Waals surface area contributed by atoms with Crippen LogP contribution in [-0.4, -0.2) is 12.5 Å². The van der Waals surface area contributed by atoms with E-state index in [1.807, 2.05) is 0 Å². The van der Waals surface area contributed by atoms with Gasteiger partial charge in [-0.2, -0.15) is 0 Å². The number of alkyl halides is 2. The van der Waals surface area contributed by atoms with Crippen LogP contribution in [-0.2, 0) is 0 Å². The summed E-state index contributed by atoms with van der Waals surface area (Å²) in [6.45, 7) is 2.24. The second-order valence-electron chi connectivity index (χ2n) is 4.43. The lowest BCUT2D eigenvalue weighted by Crippen LogP contribution is -2.33. The van der Waals surface area contributed by atoms with Gasteiger partial charge in [0.25, 0.3) is 5.92 Å². The highest BCUT2D eigenvalue weighted by Crippen LogP contribution is 2.40. The highest BCUT2D eigenvalue weighted by Gasteiger charge is 2.40. The van der Waals surface area contributed by atoms with E-state index >= 15 is 0 Å². The van der Waals surface area contributed by atoms with Crippen LogP contribution in [0.4, 0.5) is 8.78 Å². The van der Waals surface area contributed by atoms with E-state index in [2.05, 4.69) is 6.92 Å². The second kappa shape index (κ2) is 5.06. The molecule has 14 heavy (non-hydrogen) atoms. The fourth-order valence-electron chi connectivity index (χ4n) is 2.39. The number of hydrogen-bond donors (Lipinski definition) is 1. The summed E-state index contributed by atoms with van der Waals surface area (Å²) in [4.78, 5) is 0. The first kappa shape index (κ1) is 11.9. The van der Waals surface area contributed by atoms with Gasteiger partial charge in [-0.3, -0.25) is 0 Å². The number of hydrogen-bond acceptors (Lipinski definition) is 1. The standard InChI is InChI=1S/C11H21F2N/c1-2-9-3-5-10(6-4-9)11(12,13)7-8-14/h9-10H,2-8,14H2,1H3. The van der Waals surface area contributed by atoms with Crippen molar-refractivity contribution in [3.05, 3.63) is 0 Å². The Kier molecular flexibility index (Phi) is 4.30. The summed E-state index contributed by atoms with van der Waals surface area (Å²) in [7, 11) is 0. The van der Waals surface area contributed by atoms with Crippen molar-refractivity contribution in [2.45, 2.75) is 51.4 Å². The first-order chi connectivity index (χ1) is 6.60. The van der Waals surface area contributed by atoms with Gasteiger partial charge in [0.15, 0.2) is 0 Å². The molecule has 1 fully saturated rings.